The SMILES string of the molecule is Cc1ccc(S(=O)(=O)Nc2ccc3c(c2)OCCO3)c(Cl)c1. The lowest BCUT2D eigenvalue weighted by atomic mass is 10.2. The van der Waals surface area contributed by atoms with Gasteiger partial charge in [-0.1, -0.05) is 17.7 Å². The molecule has 116 valence electrons. The molecule has 0 aliphatic carbocycles. The second kappa shape index (κ2) is 5.70. The largest absolute Gasteiger partial charge is 0.486 e. The zero-order chi connectivity index (χ0) is 15.7. The fourth-order valence-electron chi connectivity index (χ4n) is 2.14. The van der Waals surface area contributed by atoms with Gasteiger partial charge in [0.05, 0.1) is 10.7 Å². The second-order valence-electron chi connectivity index (χ2n) is 4.90. The molecule has 1 N–H and O–H groups in total. The van der Waals surface area contributed by atoms with Crippen molar-refractivity contribution in [3.63, 3.8) is 0 Å². The lowest BCUT2D eigenvalue weighted by Crippen LogP contribution is -2.17. The third-order valence-corrected chi connectivity index (χ3v) is 5.04. The summed E-state index contributed by atoms with van der Waals surface area (Å²) in [6.45, 7) is 2.76. The molecule has 0 fully saturated rings. The van der Waals surface area contributed by atoms with E-state index in [1.807, 2.05) is 6.92 Å². The number of aryl methyl sites for hydroxylation is 1. The van der Waals surface area contributed by atoms with E-state index in [2.05, 4.69) is 4.72 Å². The Morgan fingerprint density at radius 2 is 1.77 bits per heavy atom. The molecule has 22 heavy (non-hydrogen) atoms. The van der Waals surface area contributed by atoms with E-state index in [4.69, 9.17) is 21.1 Å². The molecule has 0 bridgehead atoms. The molecule has 2 aromatic carbocycles. The van der Waals surface area contributed by atoms with Crippen LogP contribution in [-0.4, -0.2) is 21.6 Å². The maximum atomic E-state index is 12.4. The molecule has 0 saturated carbocycles. The summed E-state index contributed by atoms with van der Waals surface area (Å²) >= 11 is 6.03. The van der Waals surface area contributed by atoms with Crippen molar-refractivity contribution in [3.8, 4) is 11.5 Å². The number of nitrogens with one attached hydrogen (secondary N) is 1. The molecule has 0 aromatic heterocycles. The Hall–Kier alpha value is -1.92. The zero-order valence-electron chi connectivity index (χ0n) is 11.8. The molecule has 2 aromatic rings. The van der Waals surface area contributed by atoms with Crippen molar-refractivity contribution in [2.24, 2.45) is 0 Å². The lowest BCUT2D eigenvalue weighted by Gasteiger charge is -2.19. The number of hydrogen-bond donors (Lipinski definition) is 1. The van der Waals surface area contributed by atoms with Crippen LogP contribution < -0.4 is 14.2 Å². The van der Waals surface area contributed by atoms with E-state index in [0.717, 1.165) is 5.56 Å². The van der Waals surface area contributed by atoms with Gasteiger partial charge in [0.25, 0.3) is 10.0 Å². The average molecular weight is 340 g/mol. The minimum atomic E-state index is -3.77. The van der Waals surface area contributed by atoms with Crippen molar-refractivity contribution in [2.75, 3.05) is 17.9 Å². The zero-order valence-corrected chi connectivity index (χ0v) is 13.4. The number of ether oxygens (including phenoxy) is 2. The molecule has 1 aliphatic rings. The number of benzene rings is 2. The predicted octanol–water partition coefficient (Wildman–Crippen LogP) is 3.22. The molecule has 5 nitrogen and oxygen atoms in total. The summed E-state index contributed by atoms with van der Waals surface area (Å²) < 4.78 is 38.2. The summed E-state index contributed by atoms with van der Waals surface area (Å²) in [7, 11) is -3.77. The van der Waals surface area contributed by atoms with E-state index >= 15 is 0 Å². The Kier molecular flexibility index (Phi) is 3.88. The molecule has 0 amide bonds. The second-order valence-corrected chi connectivity index (χ2v) is 6.96. The van der Waals surface area contributed by atoms with E-state index in [0.29, 0.717) is 30.4 Å². The summed E-state index contributed by atoms with van der Waals surface area (Å²) in [4.78, 5) is 0.0367. The third kappa shape index (κ3) is 2.98. The van der Waals surface area contributed by atoms with Crippen molar-refractivity contribution < 1.29 is 17.9 Å². The van der Waals surface area contributed by atoms with Gasteiger partial charge < -0.3 is 9.47 Å². The van der Waals surface area contributed by atoms with Gasteiger partial charge in [-0.3, -0.25) is 4.72 Å². The maximum absolute atomic E-state index is 12.4. The molecule has 0 radical (unpaired) electrons. The van der Waals surface area contributed by atoms with E-state index in [9.17, 15) is 8.42 Å². The van der Waals surface area contributed by atoms with Crippen LogP contribution in [0, 0.1) is 6.92 Å². The van der Waals surface area contributed by atoms with Crippen LogP contribution >= 0.6 is 11.6 Å². The lowest BCUT2D eigenvalue weighted by molar-refractivity contribution is 0.171. The highest BCUT2D eigenvalue weighted by Crippen LogP contribution is 2.33. The molecule has 0 saturated heterocycles. The van der Waals surface area contributed by atoms with Gasteiger partial charge in [-0.2, -0.15) is 0 Å². The summed E-state index contributed by atoms with van der Waals surface area (Å²) in [6.07, 6.45) is 0. The van der Waals surface area contributed by atoms with Crippen molar-refractivity contribution in [1.29, 1.82) is 0 Å². The molecule has 7 heteroatoms. The van der Waals surface area contributed by atoms with Crippen molar-refractivity contribution in [2.45, 2.75) is 11.8 Å². The highest BCUT2D eigenvalue weighted by molar-refractivity contribution is 7.92. The van der Waals surface area contributed by atoms with Gasteiger partial charge in [-0.25, -0.2) is 8.42 Å². The van der Waals surface area contributed by atoms with E-state index in [1.165, 1.54) is 6.07 Å². The van der Waals surface area contributed by atoms with Crippen LogP contribution in [0.2, 0.25) is 5.02 Å². The summed E-state index contributed by atoms with van der Waals surface area (Å²) in [5.41, 5.74) is 1.28. The number of rotatable bonds is 3. The first-order valence-electron chi connectivity index (χ1n) is 6.64. The maximum Gasteiger partial charge on any atom is 0.263 e. The van der Waals surface area contributed by atoms with Gasteiger partial charge in [0.15, 0.2) is 11.5 Å². The molecular formula is C15H14ClNO4S. The molecular weight excluding hydrogens is 326 g/mol. The monoisotopic (exact) mass is 339 g/mol. The fourth-order valence-corrected chi connectivity index (χ4v) is 3.79. The number of halogens is 1. The third-order valence-electron chi connectivity index (χ3n) is 3.17. The minimum absolute atomic E-state index is 0.0367. The van der Waals surface area contributed by atoms with E-state index in [-0.39, 0.29) is 9.92 Å². The molecule has 3 rings (SSSR count). The summed E-state index contributed by atoms with van der Waals surface area (Å²) in [5.74, 6) is 1.11. The van der Waals surface area contributed by atoms with E-state index < -0.39 is 10.0 Å². The van der Waals surface area contributed by atoms with Gasteiger partial charge in [-0.15, -0.1) is 0 Å². The topological polar surface area (TPSA) is 64.6 Å². The number of fused-ring (bicyclic) bond motifs is 1. The minimum Gasteiger partial charge on any atom is -0.486 e. The van der Waals surface area contributed by atoms with Crippen LogP contribution in [-0.2, 0) is 10.0 Å². The van der Waals surface area contributed by atoms with Gasteiger partial charge in [-0.05, 0) is 36.8 Å². The quantitative estimate of drug-likeness (QED) is 0.932. The summed E-state index contributed by atoms with van der Waals surface area (Å²) in [6, 6.07) is 9.67. The van der Waals surface area contributed by atoms with Gasteiger partial charge in [0.2, 0.25) is 0 Å². The molecule has 0 spiro atoms. The highest BCUT2D eigenvalue weighted by Gasteiger charge is 2.19. The number of hydrogen-bond acceptors (Lipinski definition) is 4. The Morgan fingerprint density at radius 3 is 2.50 bits per heavy atom. The van der Waals surface area contributed by atoms with Crippen molar-refractivity contribution in [1.82, 2.24) is 0 Å². The number of anilines is 1. The molecule has 0 atom stereocenters. The Bertz CT molecular complexity index is 820. The first-order valence-corrected chi connectivity index (χ1v) is 8.50. The Labute approximate surface area is 133 Å². The molecule has 0 unspecified atom stereocenters. The van der Waals surface area contributed by atoms with Gasteiger partial charge >= 0.3 is 0 Å². The first-order chi connectivity index (χ1) is 10.5. The van der Waals surface area contributed by atoms with Crippen LogP contribution in [0.5, 0.6) is 11.5 Å². The van der Waals surface area contributed by atoms with Gasteiger partial charge in [0.1, 0.15) is 18.1 Å². The Balaban J connectivity index is 1.91. The average Bonchev–Trinajstić information content (AvgIpc) is 2.46. The number of sulfonamides is 1. The van der Waals surface area contributed by atoms with Crippen molar-refractivity contribution >= 4 is 27.3 Å². The van der Waals surface area contributed by atoms with Gasteiger partial charge in [0, 0.05) is 6.07 Å². The molecule has 1 heterocycles. The normalized spacial score (nSPS) is 13.7. The predicted molar refractivity (Wildman–Crippen MR) is 84.4 cm³/mol. The van der Waals surface area contributed by atoms with Crippen LogP contribution in [0.4, 0.5) is 5.69 Å². The molecule has 1 aliphatic heterocycles. The first kappa shape index (κ1) is 15.0. The van der Waals surface area contributed by atoms with Crippen LogP contribution in [0.3, 0.4) is 0 Å². The Morgan fingerprint density at radius 1 is 1.05 bits per heavy atom. The summed E-state index contributed by atoms with van der Waals surface area (Å²) in [5, 5.41) is 0.185. The van der Waals surface area contributed by atoms with Crippen LogP contribution in [0.1, 0.15) is 5.56 Å². The van der Waals surface area contributed by atoms with Crippen LogP contribution in [0.15, 0.2) is 41.3 Å². The smallest absolute Gasteiger partial charge is 0.263 e. The van der Waals surface area contributed by atoms with E-state index in [1.54, 1.807) is 30.3 Å². The highest BCUT2D eigenvalue weighted by atomic mass is 35.5. The van der Waals surface area contributed by atoms with Crippen molar-refractivity contribution in [3.05, 3.63) is 47.0 Å². The van der Waals surface area contributed by atoms with Crippen LogP contribution in [0.25, 0.3) is 0 Å². The standard InChI is InChI=1S/C15H14ClNO4S/c1-10-2-5-15(12(16)8-10)22(18,19)17-11-3-4-13-14(9-11)21-7-6-20-13/h2-5,8-9,17H,6-7H2,1H3. The fraction of sp³-hybridized carbons (Fsp3) is 0.200.